The number of hydrogen-bond donors (Lipinski definition) is 0. The Morgan fingerprint density at radius 1 is 0.913 bits per heavy atom. The molecule has 23 heavy (non-hydrogen) atoms. The SMILES string of the molecule is CC(C)c1ccc(C(=O)N(C)Cc2ccc(N(C)C)cc2)cc1. The monoisotopic (exact) mass is 310 g/mol. The van der Waals surface area contributed by atoms with E-state index < -0.39 is 0 Å². The fourth-order valence-electron chi connectivity index (χ4n) is 2.48. The number of amides is 1. The third-order valence-corrected chi connectivity index (χ3v) is 4.04. The molecule has 2 aromatic carbocycles. The summed E-state index contributed by atoms with van der Waals surface area (Å²) >= 11 is 0. The molecule has 0 N–H and O–H groups in total. The maximum Gasteiger partial charge on any atom is 0.253 e. The van der Waals surface area contributed by atoms with Crippen molar-refractivity contribution in [3.05, 3.63) is 65.2 Å². The molecular weight excluding hydrogens is 284 g/mol. The van der Waals surface area contributed by atoms with Crippen LogP contribution in [0.3, 0.4) is 0 Å². The number of hydrogen-bond acceptors (Lipinski definition) is 2. The van der Waals surface area contributed by atoms with Crippen LogP contribution >= 0.6 is 0 Å². The van der Waals surface area contributed by atoms with Crippen LogP contribution in [0.5, 0.6) is 0 Å². The molecule has 0 radical (unpaired) electrons. The molecule has 2 rings (SSSR count). The Balaban J connectivity index is 2.04. The van der Waals surface area contributed by atoms with E-state index in [0.29, 0.717) is 12.5 Å². The zero-order valence-electron chi connectivity index (χ0n) is 14.7. The molecule has 122 valence electrons. The van der Waals surface area contributed by atoms with E-state index >= 15 is 0 Å². The van der Waals surface area contributed by atoms with Crippen molar-refractivity contribution in [2.24, 2.45) is 0 Å². The largest absolute Gasteiger partial charge is 0.378 e. The van der Waals surface area contributed by atoms with Crippen LogP contribution in [0.1, 0.15) is 41.3 Å². The number of rotatable bonds is 5. The lowest BCUT2D eigenvalue weighted by Crippen LogP contribution is -2.26. The summed E-state index contributed by atoms with van der Waals surface area (Å²) < 4.78 is 0. The van der Waals surface area contributed by atoms with Gasteiger partial charge in [0.2, 0.25) is 0 Å². The Morgan fingerprint density at radius 3 is 1.96 bits per heavy atom. The first-order chi connectivity index (χ1) is 10.9. The first-order valence-electron chi connectivity index (χ1n) is 8.00. The molecule has 1 amide bonds. The first-order valence-corrected chi connectivity index (χ1v) is 8.00. The van der Waals surface area contributed by atoms with Crippen LogP contribution in [0.2, 0.25) is 0 Å². The minimum atomic E-state index is 0.0528. The van der Waals surface area contributed by atoms with Crippen molar-refractivity contribution in [2.75, 3.05) is 26.0 Å². The molecule has 0 aliphatic rings. The van der Waals surface area contributed by atoms with E-state index in [1.807, 2.05) is 45.4 Å². The fraction of sp³-hybridized carbons (Fsp3) is 0.350. The van der Waals surface area contributed by atoms with Crippen LogP contribution in [0, 0.1) is 0 Å². The molecule has 0 aliphatic heterocycles. The summed E-state index contributed by atoms with van der Waals surface area (Å²) in [6, 6.07) is 16.2. The molecule has 0 heterocycles. The average Bonchev–Trinajstić information content (AvgIpc) is 2.54. The lowest BCUT2D eigenvalue weighted by Gasteiger charge is -2.19. The van der Waals surface area contributed by atoms with E-state index in [0.717, 1.165) is 16.8 Å². The zero-order valence-corrected chi connectivity index (χ0v) is 14.7. The minimum absolute atomic E-state index is 0.0528. The van der Waals surface area contributed by atoms with Gasteiger partial charge in [-0.1, -0.05) is 38.1 Å². The number of carbonyl (C=O) groups excluding carboxylic acids is 1. The molecule has 0 spiro atoms. The van der Waals surface area contributed by atoms with E-state index in [4.69, 9.17) is 0 Å². The number of carbonyl (C=O) groups is 1. The first kappa shape index (κ1) is 17.1. The predicted molar refractivity (Wildman–Crippen MR) is 97.1 cm³/mol. The second kappa shape index (κ2) is 7.32. The second-order valence-electron chi connectivity index (χ2n) is 6.50. The molecular formula is C20H26N2O. The van der Waals surface area contributed by atoms with Gasteiger partial charge in [0.1, 0.15) is 0 Å². The lowest BCUT2D eigenvalue weighted by molar-refractivity contribution is 0.0785. The molecule has 0 saturated carbocycles. The van der Waals surface area contributed by atoms with Gasteiger partial charge in [0, 0.05) is 38.9 Å². The van der Waals surface area contributed by atoms with Gasteiger partial charge in [0.05, 0.1) is 0 Å². The normalized spacial score (nSPS) is 10.7. The molecule has 3 heteroatoms. The minimum Gasteiger partial charge on any atom is -0.378 e. The summed E-state index contributed by atoms with van der Waals surface area (Å²) in [5, 5.41) is 0. The maximum absolute atomic E-state index is 12.5. The van der Waals surface area contributed by atoms with Crippen LogP contribution in [-0.4, -0.2) is 32.0 Å². The molecule has 2 aromatic rings. The van der Waals surface area contributed by atoms with Crippen molar-refractivity contribution in [3.63, 3.8) is 0 Å². The van der Waals surface area contributed by atoms with Crippen LogP contribution in [0.25, 0.3) is 0 Å². The lowest BCUT2D eigenvalue weighted by atomic mass is 10.0. The van der Waals surface area contributed by atoms with Crippen molar-refractivity contribution in [3.8, 4) is 0 Å². The third-order valence-electron chi connectivity index (χ3n) is 4.04. The van der Waals surface area contributed by atoms with Gasteiger partial charge in [-0.2, -0.15) is 0 Å². The third kappa shape index (κ3) is 4.35. The summed E-state index contributed by atoms with van der Waals surface area (Å²) in [6.07, 6.45) is 0. The highest BCUT2D eigenvalue weighted by Gasteiger charge is 2.12. The molecule has 0 atom stereocenters. The van der Waals surface area contributed by atoms with Crippen molar-refractivity contribution < 1.29 is 4.79 Å². The topological polar surface area (TPSA) is 23.6 Å². The van der Waals surface area contributed by atoms with Gasteiger partial charge in [-0.25, -0.2) is 0 Å². The van der Waals surface area contributed by atoms with Gasteiger partial charge in [-0.15, -0.1) is 0 Å². The van der Waals surface area contributed by atoms with Gasteiger partial charge in [0.15, 0.2) is 0 Å². The highest BCUT2D eigenvalue weighted by molar-refractivity contribution is 5.94. The zero-order chi connectivity index (χ0) is 17.0. The Hall–Kier alpha value is -2.29. The van der Waals surface area contributed by atoms with Gasteiger partial charge < -0.3 is 9.80 Å². The molecule has 0 unspecified atom stereocenters. The molecule has 0 bridgehead atoms. The van der Waals surface area contributed by atoms with Gasteiger partial charge in [0.25, 0.3) is 5.91 Å². The number of nitrogens with zero attached hydrogens (tertiary/aromatic N) is 2. The molecule has 0 saturated heterocycles. The molecule has 0 fully saturated rings. The van der Waals surface area contributed by atoms with Crippen LogP contribution in [0.4, 0.5) is 5.69 Å². The van der Waals surface area contributed by atoms with Crippen LogP contribution < -0.4 is 4.90 Å². The predicted octanol–water partition coefficient (Wildman–Crippen LogP) is 4.15. The van der Waals surface area contributed by atoms with Crippen LogP contribution in [0.15, 0.2) is 48.5 Å². The highest BCUT2D eigenvalue weighted by atomic mass is 16.2. The van der Waals surface area contributed by atoms with E-state index in [2.05, 4.69) is 43.0 Å². The standard InChI is InChI=1S/C20H26N2O/c1-15(2)17-8-10-18(11-9-17)20(23)22(5)14-16-6-12-19(13-7-16)21(3)4/h6-13,15H,14H2,1-5H3. The van der Waals surface area contributed by atoms with Gasteiger partial charge in [-0.05, 0) is 41.3 Å². The second-order valence-corrected chi connectivity index (χ2v) is 6.50. The summed E-state index contributed by atoms with van der Waals surface area (Å²) in [5.41, 5.74) is 4.28. The van der Waals surface area contributed by atoms with Crippen molar-refractivity contribution in [1.82, 2.24) is 4.90 Å². The van der Waals surface area contributed by atoms with Crippen molar-refractivity contribution in [1.29, 1.82) is 0 Å². The van der Waals surface area contributed by atoms with E-state index in [-0.39, 0.29) is 5.91 Å². The molecule has 0 aromatic heterocycles. The van der Waals surface area contributed by atoms with E-state index in [1.165, 1.54) is 5.56 Å². The van der Waals surface area contributed by atoms with Crippen LogP contribution in [-0.2, 0) is 6.54 Å². The summed E-state index contributed by atoms with van der Waals surface area (Å²) in [5.74, 6) is 0.532. The number of benzene rings is 2. The highest BCUT2D eigenvalue weighted by Crippen LogP contribution is 2.17. The Bertz CT molecular complexity index is 642. The van der Waals surface area contributed by atoms with Crippen molar-refractivity contribution in [2.45, 2.75) is 26.3 Å². The van der Waals surface area contributed by atoms with E-state index in [9.17, 15) is 4.79 Å². The fourth-order valence-corrected chi connectivity index (χ4v) is 2.48. The summed E-state index contributed by atoms with van der Waals surface area (Å²) in [4.78, 5) is 16.3. The smallest absolute Gasteiger partial charge is 0.253 e. The summed E-state index contributed by atoms with van der Waals surface area (Å²) in [7, 11) is 5.88. The quantitative estimate of drug-likeness (QED) is 0.828. The maximum atomic E-state index is 12.5. The van der Waals surface area contributed by atoms with Crippen molar-refractivity contribution >= 4 is 11.6 Å². The van der Waals surface area contributed by atoms with E-state index in [1.54, 1.807) is 4.90 Å². The molecule has 0 aliphatic carbocycles. The number of anilines is 1. The Labute approximate surface area is 139 Å². The van der Waals surface area contributed by atoms with Gasteiger partial charge in [-0.3, -0.25) is 4.79 Å². The average molecular weight is 310 g/mol. The molecule has 3 nitrogen and oxygen atoms in total. The summed E-state index contributed by atoms with van der Waals surface area (Å²) in [6.45, 7) is 4.92. The Morgan fingerprint density at radius 2 is 1.48 bits per heavy atom. The van der Waals surface area contributed by atoms with Gasteiger partial charge >= 0.3 is 0 Å². The Kier molecular flexibility index (Phi) is 5.43.